The van der Waals surface area contributed by atoms with Crippen LogP contribution in [0.25, 0.3) is 0 Å². The summed E-state index contributed by atoms with van der Waals surface area (Å²) in [5, 5.41) is 0. The molecule has 0 saturated carbocycles. The quantitative estimate of drug-likeness (QED) is 0.790. The number of carbonyl (C=O) groups is 1. The molecule has 1 amide bonds. The van der Waals surface area contributed by atoms with Gasteiger partial charge in [-0.3, -0.25) is 9.69 Å². The normalized spacial score (nSPS) is 23.8. The van der Waals surface area contributed by atoms with Gasteiger partial charge in [0, 0.05) is 44.1 Å². The second-order valence-electron chi connectivity index (χ2n) is 7.13. The average Bonchev–Trinajstić information content (AvgIpc) is 3.03. The van der Waals surface area contributed by atoms with Crippen LogP contribution in [0, 0.1) is 12.8 Å². The van der Waals surface area contributed by atoms with Crippen LogP contribution >= 0.6 is 11.3 Å². The van der Waals surface area contributed by atoms with Gasteiger partial charge in [0.25, 0.3) is 10.0 Å². The first-order valence-electron chi connectivity index (χ1n) is 8.93. The van der Waals surface area contributed by atoms with Crippen LogP contribution in [-0.4, -0.2) is 74.2 Å². The lowest BCUT2D eigenvalue weighted by atomic mass is 10.0. The van der Waals surface area contributed by atoms with Crippen LogP contribution in [-0.2, 0) is 14.8 Å². The summed E-state index contributed by atoms with van der Waals surface area (Å²) in [5.41, 5.74) is 0. The van der Waals surface area contributed by atoms with Crippen molar-refractivity contribution in [3.63, 3.8) is 0 Å². The van der Waals surface area contributed by atoms with Crippen LogP contribution in [0.5, 0.6) is 0 Å². The molecule has 0 radical (unpaired) electrons. The third-order valence-corrected chi connectivity index (χ3v) is 8.38. The van der Waals surface area contributed by atoms with Crippen LogP contribution < -0.4 is 0 Å². The topological polar surface area (TPSA) is 60.9 Å². The molecule has 0 spiro atoms. The number of likely N-dealkylation sites (tertiary alicyclic amines) is 1. The summed E-state index contributed by atoms with van der Waals surface area (Å²) in [6, 6.07) is 3.52. The minimum atomic E-state index is -3.39. The molecule has 1 unspecified atom stereocenters. The monoisotopic (exact) mass is 385 g/mol. The highest BCUT2D eigenvalue weighted by Gasteiger charge is 2.31. The summed E-state index contributed by atoms with van der Waals surface area (Å²) < 4.78 is 27.3. The summed E-state index contributed by atoms with van der Waals surface area (Å²) in [5.74, 6) is 0.755. The van der Waals surface area contributed by atoms with E-state index in [0.29, 0.717) is 42.9 Å². The molecular weight excluding hydrogens is 358 g/mol. The summed E-state index contributed by atoms with van der Waals surface area (Å²) in [7, 11) is -3.39. The number of piperazine rings is 1. The highest BCUT2D eigenvalue weighted by molar-refractivity contribution is 7.91. The maximum atomic E-state index is 12.7. The second kappa shape index (κ2) is 7.73. The van der Waals surface area contributed by atoms with Gasteiger partial charge >= 0.3 is 0 Å². The van der Waals surface area contributed by atoms with Gasteiger partial charge < -0.3 is 4.90 Å². The van der Waals surface area contributed by atoms with Crippen LogP contribution in [0.1, 0.15) is 24.6 Å². The third kappa shape index (κ3) is 4.42. The minimum absolute atomic E-state index is 0.178. The minimum Gasteiger partial charge on any atom is -0.341 e. The predicted octanol–water partition coefficient (Wildman–Crippen LogP) is 1.62. The lowest BCUT2D eigenvalue weighted by molar-refractivity contribution is -0.134. The van der Waals surface area contributed by atoms with E-state index in [1.54, 1.807) is 10.4 Å². The van der Waals surface area contributed by atoms with Crippen molar-refractivity contribution in [3.05, 3.63) is 17.0 Å². The number of amides is 1. The van der Waals surface area contributed by atoms with Gasteiger partial charge in [0.05, 0.1) is 6.54 Å². The standard InChI is InChI=1S/C17H27N3O3S2/c1-14-4-3-7-19(12-14)16(21)13-18-8-10-20(11-9-18)25(22,23)17-6-5-15(2)24-17/h5-6,14H,3-4,7-13H2,1-2H3. The van der Waals surface area contributed by atoms with Crippen molar-refractivity contribution in [2.75, 3.05) is 45.8 Å². The molecule has 1 atom stereocenters. The highest BCUT2D eigenvalue weighted by Crippen LogP contribution is 2.25. The molecule has 0 N–H and O–H groups in total. The first kappa shape index (κ1) is 18.8. The number of sulfonamides is 1. The summed E-state index contributed by atoms with van der Waals surface area (Å²) in [6.45, 7) is 8.33. The maximum Gasteiger partial charge on any atom is 0.252 e. The van der Waals surface area contributed by atoms with Gasteiger partial charge in [-0.25, -0.2) is 8.42 Å². The number of thiophene rings is 1. The fourth-order valence-corrected chi connectivity index (χ4v) is 6.37. The summed E-state index contributed by atoms with van der Waals surface area (Å²) in [4.78, 5) is 17.5. The zero-order chi connectivity index (χ0) is 18.0. The number of rotatable bonds is 4. The molecule has 25 heavy (non-hydrogen) atoms. The van der Waals surface area contributed by atoms with Gasteiger partial charge in [0.15, 0.2) is 0 Å². The van der Waals surface area contributed by atoms with Crippen molar-refractivity contribution in [1.82, 2.24) is 14.1 Å². The number of carbonyl (C=O) groups excluding carboxylic acids is 1. The van der Waals surface area contributed by atoms with Crippen molar-refractivity contribution >= 4 is 27.3 Å². The molecule has 0 aromatic carbocycles. The van der Waals surface area contributed by atoms with Crippen molar-refractivity contribution < 1.29 is 13.2 Å². The van der Waals surface area contributed by atoms with Gasteiger partial charge in [-0.15, -0.1) is 11.3 Å². The zero-order valence-corrected chi connectivity index (χ0v) is 16.6. The average molecular weight is 386 g/mol. The van der Waals surface area contributed by atoms with E-state index in [-0.39, 0.29) is 5.91 Å². The Morgan fingerprint density at radius 3 is 2.52 bits per heavy atom. The smallest absolute Gasteiger partial charge is 0.252 e. The molecule has 2 aliphatic rings. The number of aryl methyl sites for hydroxylation is 1. The van der Waals surface area contributed by atoms with E-state index in [0.717, 1.165) is 24.4 Å². The molecule has 1 aromatic rings. The number of hydrogen-bond donors (Lipinski definition) is 0. The van der Waals surface area contributed by atoms with E-state index in [2.05, 4.69) is 11.8 Å². The van der Waals surface area contributed by atoms with E-state index < -0.39 is 10.0 Å². The van der Waals surface area contributed by atoms with E-state index in [1.165, 1.54) is 17.8 Å². The lowest BCUT2D eigenvalue weighted by Crippen LogP contribution is -2.52. The number of piperidine rings is 1. The molecule has 8 heteroatoms. The van der Waals surface area contributed by atoms with E-state index in [9.17, 15) is 13.2 Å². The largest absolute Gasteiger partial charge is 0.341 e. The Morgan fingerprint density at radius 1 is 1.20 bits per heavy atom. The van der Waals surface area contributed by atoms with Crippen LogP contribution in [0.15, 0.2) is 16.3 Å². The van der Waals surface area contributed by atoms with E-state index in [4.69, 9.17) is 0 Å². The Labute approximate surface area is 154 Å². The second-order valence-corrected chi connectivity index (χ2v) is 10.6. The molecule has 6 nitrogen and oxygen atoms in total. The molecule has 3 heterocycles. The van der Waals surface area contributed by atoms with Gasteiger partial charge in [-0.2, -0.15) is 4.31 Å². The lowest BCUT2D eigenvalue weighted by Gasteiger charge is -2.36. The highest BCUT2D eigenvalue weighted by atomic mass is 32.2. The van der Waals surface area contributed by atoms with Crippen molar-refractivity contribution in [1.29, 1.82) is 0 Å². The van der Waals surface area contributed by atoms with Crippen LogP contribution in [0.4, 0.5) is 0 Å². The van der Waals surface area contributed by atoms with Gasteiger partial charge in [-0.1, -0.05) is 6.92 Å². The van der Waals surface area contributed by atoms with Gasteiger partial charge in [-0.05, 0) is 37.8 Å². The molecule has 0 aliphatic carbocycles. The molecular formula is C17H27N3O3S2. The zero-order valence-electron chi connectivity index (χ0n) is 15.0. The van der Waals surface area contributed by atoms with Crippen molar-refractivity contribution in [2.24, 2.45) is 5.92 Å². The Hall–Kier alpha value is -0.960. The Balaban J connectivity index is 1.52. The Bertz CT molecular complexity index is 708. The van der Waals surface area contributed by atoms with Crippen molar-refractivity contribution in [3.8, 4) is 0 Å². The van der Waals surface area contributed by atoms with E-state index >= 15 is 0 Å². The summed E-state index contributed by atoms with van der Waals surface area (Å²) >= 11 is 1.31. The molecule has 3 rings (SSSR count). The fourth-order valence-electron chi connectivity index (χ4n) is 3.51. The third-order valence-electron chi connectivity index (χ3n) is 5.01. The SMILES string of the molecule is Cc1ccc(S(=O)(=O)N2CCN(CC(=O)N3CCCC(C)C3)CC2)s1. The first-order valence-corrected chi connectivity index (χ1v) is 11.2. The predicted molar refractivity (Wildman–Crippen MR) is 99.2 cm³/mol. The molecule has 2 aliphatic heterocycles. The van der Waals surface area contributed by atoms with Crippen LogP contribution in [0.2, 0.25) is 0 Å². The molecule has 2 fully saturated rings. The number of hydrogen-bond acceptors (Lipinski definition) is 5. The van der Waals surface area contributed by atoms with Crippen molar-refractivity contribution in [2.45, 2.75) is 30.9 Å². The molecule has 140 valence electrons. The van der Waals surface area contributed by atoms with E-state index in [1.807, 2.05) is 17.9 Å². The Morgan fingerprint density at radius 2 is 1.92 bits per heavy atom. The van der Waals surface area contributed by atoms with Crippen LogP contribution in [0.3, 0.4) is 0 Å². The first-order chi connectivity index (χ1) is 11.9. The fraction of sp³-hybridized carbons (Fsp3) is 0.706. The molecule has 0 bridgehead atoms. The van der Waals surface area contributed by atoms with Gasteiger partial charge in [0.2, 0.25) is 5.91 Å². The maximum absolute atomic E-state index is 12.7. The summed E-state index contributed by atoms with van der Waals surface area (Å²) in [6.07, 6.45) is 2.28. The molecule has 2 saturated heterocycles. The van der Waals surface area contributed by atoms with Gasteiger partial charge in [0.1, 0.15) is 4.21 Å². The molecule has 1 aromatic heterocycles. The number of nitrogens with zero attached hydrogens (tertiary/aromatic N) is 3. The Kier molecular flexibility index (Phi) is 5.82.